The fourth-order valence-corrected chi connectivity index (χ4v) is 3.14. The number of hydroxylamine groups is 2. The quantitative estimate of drug-likeness (QED) is 0.443. The normalized spacial score (nSPS) is 17.3. The first-order valence-electron chi connectivity index (χ1n) is 9.52. The molecule has 1 aliphatic rings. The fraction of sp³-hybridized carbons (Fsp3) is 0.333. The van der Waals surface area contributed by atoms with E-state index < -0.39 is 6.03 Å². The molecule has 0 aromatic heterocycles. The Kier molecular flexibility index (Phi) is 6.56. The lowest BCUT2D eigenvalue weighted by atomic mass is 10.1. The average Bonchev–Trinajstić information content (AvgIpc) is 3.50. The molecule has 1 fully saturated rings. The Morgan fingerprint density at radius 2 is 1.90 bits per heavy atom. The van der Waals surface area contributed by atoms with Crippen LogP contribution in [0.5, 0.6) is 17.2 Å². The number of ether oxygens (including phenoxy) is 2. The predicted octanol–water partition coefficient (Wildman–Crippen LogP) is 2.87. The number of carbonyl (C=O) groups excluding carboxylic acids is 2. The van der Waals surface area contributed by atoms with Crippen molar-refractivity contribution in [3.63, 3.8) is 0 Å². The minimum Gasteiger partial charge on any atom is -0.494 e. The molecule has 2 aromatic rings. The number of hydrogen-bond acceptors (Lipinski definition) is 5. The van der Waals surface area contributed by atoms with Crippen molar-refractivity contribution in [1.82, 2.24) is 10.4 Å². The molecule has 3 rings (SSSR count). The molecule has 29 heavy (non-hydrogen) atoms. The van der Waals surface area contributed by atoms with E-state index in [0.29, 0.717) is 29.6 Å². The van der Waals surface area contributed by atoms with Gasteiger partial charge in [-0.05, 0) is 61.2 Å². The first-order chi connectivity index (χ1) is 14.0. The van der Waals surface area contributed by atoms with Crippen LogP contribution in [0.4, 0.5) is 4.79 Å². The second-order valence-electron chi connectivity index (χ2n) is 6.78. The van der Waals surface area contributed by atoms with Crippen LogP contribution in [0, 0.1) is 5.92 Å². The number of nitrogens with two attached hydrogens (primary N) is 1. The van der Waals surface area contributed by atoms with Crippen LogP contribution in [0.3, 0.4) is 0 Å². The van der Waals surface area contributed by atoms with E-state index in [1.807, 2.05) is 55.5 Å². The molecule has 4 N–H and O–H groups in total. The van der Waals surface area contributed by atoms with Gasteiger partial charge in [0, 0.05) is 12.5 Å². The summed E-state index contributed by atoms with van der Waals surface area (Å²) >= 11 is 0. The van der Waals surface area contributed by atoms with Crippen LogP contribution in [-0.4, -0.2) is 41.9 Å². The minimum absolute atomic E-state index is 0.00805. The Labute approximate surface area is 169 Å². The second-order valence-corrected chi connectivity index (χ2v) is 6.78. The highest BCUT2D eigenvalue weighted by Crippen LogP contribution is 2.49. The first-order valence-corrected chi connectivity index (χ1v) is 9.52. The van der Waals surface area contributed by atoms with E-state index in [0.717, 1.165) is 11.3 Å². The fourth-order valence-electron chi connectivity index (χ4n) is 3.14. The van der Waals surface area contributed by atoms with Crippen LogP contribution in [0.1, 0.15) is 24.8 Å². The zero-order chi connectivity index (χ0) is 20.8. The van der Waals surface area contributed by atoms with Gasteiger partial charge in [0.15, 0.2) is 0 Å². The Morgan fingerprint density at radius 1 is 1.17 bits per heavy atom. The van der Waals surface area contributed by atoms with E-state index in [1.54, 1.807) is 0 Å². The van der Waals surface area contributed by atoms with Crippen LogP contribution >= 0.6 is 0 Å². The van der Waals surface area contributed by atoms with Gasteiger partial charge in [-0.1, -0.05) is 12.1 Å². The van der Waals surface area contributed by atoms with Gasteiger partial charge in [-0.15, -0.1) is 0 Å². The third-order valence-corrected chi connectivity index (χ3v) is 4.64. The number of benzene rings is 2. The number of rotatable bonds is 9. The molecule has 8 nitrogen and oxygen atoms in total. The smallest absolute Gasteiger partial charge is 0.312 e. The predicted molar refractivity (Wildman–Crippen MR) is 106 cm³/mol. The summed E-state index contributed by atoms with van der Waals surface area (Å²) in [6, 6.07) is 14.3. The van der Waals surface area contributed by atoms with Gasteiger partial charge < -0.3 is 20.5 Å². The van der Waals surface area contributed by atoms with Gasteiger partial charge in [0.25, 0.3) is 0 Å². The molecule has 3 amide bonds. The third kappa shape index (κ3) is 5.61. The average molecular weight is 399 g/mol. The maximum Gasteiger partial charge on any atom is 0.312 e. The largest absolute Gasteiger partial charge is 0.494 e. The Hall–Kier alpha value is -3.26. The zero-order valence-electron chi connectivity index (χ0n) is 16.2. The maximum absolute atomic E-state index is 12.3. The van der Waals surface area contributed by atoms with Crippen LogP contribution in [0.15, 0.2) is 48.5 Å². The zero-order valence-corrected chi connectivity index (χ0v) is 16.2. The van der Waals surface area contributed by atoms with Crippen molar-refractivity contribution in [2.45, 2.75) is 19.3 Å². The molecular formula is C21H25N3O5. The lowest BCUT2D eigenvalue weighted by Crippen LogP contribution is -2.39. The summed E-state index contributed by atoms with van der Waals surface area (Å²) in [5.41, 5.74) is 5.94. The number of hydrogen-bond donors (Lipinski definition) is 3. The molecule has 0 saturated heterocycles. The maximum atomic E-state index is 12.3. The number of nitrogens with one attached hydrogen (secondary N) is 1. The molecule has 0 bridgehead atoms. The molecule has 2 aromatic carbocycles. The molecule has 0 heterocycles. The van der Waals surface area contributed by atoms with E-state index in [2.05, 4.69) is 5.32 Å². The molecule has 154 valence electrons. The molecule has 8 heteroatoms. The van der Waals surface area contributed by atoms with Crippen molar-refractivity contribution in [2.24, 2.45) is 11.7 Å². The highest BCUT2D eigenvalue weighted by atomic mass is 16.5. The Morgan fingerprint density at radius 3 is 2.59 bits per heavy atom. The van der Waals surface area contributed by atoms with Gasteiger partial charge >= 0.3 is 6.03 Å². The standard InChI is InChI=1S/C21H25N3O5/c1-2-28-15-6-8-16(9-7-15)29-17-5-3-4-14(12-17)18-13-19(18)20(25)24(27)11-10-23-21(22)26/h3-9,12,18-19,27H,2,10-11,13H2,1H3,(H3,22,23,26)/t18-,19+/m0/s1. The van der Waals surface area contributed by atoms with Crippen molar-refractivity contribution >= 4 is 11.9 Å². The van der Waals surface area contributed by atoms with Crippen LogP contribution in [-0.2, 0) is 4.79 Å². The highest BCUT2D eigenvalue weighted by molar-refractivity contribution is 5.82. The number of nitrogens with zero attached hydrogens (tertiary/aromatic N) is 1. The highest BCUT2D eigenvalue weighted by Gasteiger charge is 2.45. The van der Waals surface area contributed by atoms with Crippen molar-refractivity contribution < 1.29 is 24.3 Å². The van der Waals surface area contributed by atoms with E-state index in [4.69, 9.17) is 15.2 Å². The van der Waals surface area contributed by atoms with Crippen molar-refractivity contribution in [1.29, 1.82) is 0 Å². The van der Waals surface area contributed by atoms with Crippen molar-refractivity contribution in [3.8, 4) is 17.2 Å². The molecule has 1 aliphatic carbocycles. The van der Waals surface area contributed by atoms with Crippen molar-refractivity contribution in [3.05, 3.63) is 54.1 Å². The topological polar surface area (TPSA) is 114 Å². The molecule has 0 aliphatic heterocycles. The van der Waals surface area contributed by atoms with Gasteiger partial charge in [-0.2, -0.15) is 0 Å². The molecule has 2 atom stereocenters. The van der Waals surface area contributed by atoms with E-state index in [-0.39, 0.29) is 30.8 Å². The Balaban J connectivity index is 1.56. The van der Waals surface area contributed by atoms with Crippen LogP contribution < -0.4 is 20.5 Å². The summed E-state index contributed by atoms with van der Waals surface area (Å²) in [4.78, 5) is 23.0. The molecule has 0 spiro atoms. The van der Waals surface area contributed by atoms with Gasteiger partial charge in [-0.3, -0.25) is 10.0 Å². The van der Waals surface area contributed by atoms with Gasteiger partial charge in [0.05, 0.1) is 13.2 Å². The third-order valence-electron chi connectivity index (χ3n) is 4.64. The number of amides is 3. The summed E-state index contributed by atoms with van der Waals surface area (Å²) in [5, 5.41) is 12.8. The van der Waals surface area contributed by atoms with Gasteiger partial charge in [0.1, 0.15) is 17.2 Å². The monoisotopic (exact) mass is 399 g/mol. The van der Waals surface area contributed by atoms with Gasteiger partial charge in [0.2, 0.25) is 5.91 Å². The summed E-state index contributed by atoms with van der Waals surface area (Å²) in [6.07, 6.45) is 0.658. The second kappa shape index (κ2) is 9.29. The van der Waals surface area contributed by atoms with Gasteiger partial charge in [-0.25, -0.2) is 9.86 Å². The van der Waals surface area contributed by atoms with E-state index >= 15 is 0 Å². The number of carbonyl (C=O) groups is 2. The van der Waals surface area contributed by atoms with Crippen LogP contribution in [0.25, 0.3) is 0 Å². The minimum atomic E-state index is -0.695. The summed E-state index contributed by atoms with van der Waals surface area (Å²) < 4.78 is 11.3. The lowest BCUT2D eigenvalue weighted by molar-refractivity contribution is -0.166. The molecular weight excluding hydrogens is 374 g/mol. The number of primary amides is 1. The van der Waals surface area contributed by atoms with E-state index in [9.17, 15) is 14.8 Å². The SMILES string of the molecule is CCOc1ccc(Oc2cccc([C@@H]3C[C@H]3C(=O)N(O)CCNC(N)=O)c2)cc1. The summed E-state index contributed by atoms with van der Waals surface area (Å²) in [5.74, 6) is 1.54. The Bertz CT molecular complexity index is 856. The molecule has 1 saturated carbocycles. The van der Waals surface area contributed by atoms with Crippen LogP contribution in [0.2, 0.25) is 0 Å². The first kappa shape index (κ1) is 20.5. The summed E-state index contributed by atoms with van der Waals surface area (Å²) in [6.45, 7) is 2.63. The molecule has 0 unspecified atom stereocenters. The number of urea groups is 1. The van der Waals surface area contributed by atoms with E-state index in [1.165, 1.54) is 0 Å². The lowest BCUT2D eigenvalue weighted by Gasteiger charge is -2.15. The molecule has 0 radical (unpaired) electrons. The van der Waals surface area contributed by atoms with Crippen molar-refractivity contribution in [2.75, 3.05) is 19.7 Å². The summed E-state index contributed by atoms with van der Waals surface area (Å²) in [7, 11) is 0.